The van der Waals surface area contributed by atoms with E-state index in [0.717, 1.165) is 11.8 Å². The molecule has 0 amide bonds. The Kier molecular flexibility index (Phi) is 8.63. The van der Waals surface area contributed by atoms with Gasteiger partial charge in [0.15, 0.2) is 0 Å². The number of nitrogens with zero attached hydrogens (tertiary/aromatic N) is 2. The maximum Gasteiger partial charge on any atom is 0.459 e. The molecule has 2 heterocycles. The number of hydrogen-bond donors (Lipinski definition) is 2. The van der Waals surface area contributed by atoms with Crippen LogP contribution in [-0.4, -0.2) is 45.2 Å². The van der Waals surface area contributed by atoms with E-state index in [-0.39, 0.29) is 30.7 Å². The van der Waals surface area contributed by atoms with E-state index in [1.165, 1.54) is 30.7 Å². The van der Waals surface area contributed by atoms with E-state index in [2.05, 4.69) is 10.1 Å². The smallest absolute Gasteiger partial charge is 0.459 e. The van der Waals surface area contributed by atoms with Crippen LogP contribution in [0.5, 0.6) is 5.75 Å². The molecule has 0 radical (unpaired) electrons. The van der Waals surface area contributed by atoms with Gasteiger partial charge in [-0.25, -0.2) is 13.8 Å². The summed E-state index contributed by atoms with van der Waals surface area (Å²) < 4.78 is 46.3. The van der Waals surface area contributed by atoms with Gasteiger partial charge in [0.25, 0.3) is 0 Å². The number of rotatable bonds is 10. The topological polar surface area (TPSA) is 135 Å². The summed E-state index contributed by atoms with van der Waals surface area (Å²) >= 11 is 1.16. The summed E-state index contributed by atoms with van der Waals surface area (Å²) in [7, 11) is -4.12. The molecule has 1 unspecified atom stereocenters. The molecular formula is C22H30FN4O6PS. The van der Waals surface area contributed by atoms with E-state index in [0.29, 0.717) is 0 Å². The minimum absolute atomic E-state index is 0.0493. The van der Waals surface area contributed by atoms with Crippen LogP contribution in [0.25, 0.3) is 0 Å². The molecule has 0 saturated carbocycles. The number of alkyl halides is 1. The summed E-state index contributed by atoms with van der Waals surface area (Å²) in [5, 5.41) is 1.40. The molecule has 1 aliphatic heterocycles. The monoisotopic (exact) mass is 528 g/mol. The van der Waals surface area contributed by atoms with Crippen molar-refractivity contribution in [2.75, 3.05) is 12.3 Å². The molecule has 0 spiro atoms. The standard InChI is InChI=1S/C22H30FN4O6PS/c1-14(2)32-20(28)22(3,4)26-34(30,33-15-8-6-5-7-9-15)31-13-16-12-17(23)19(35-16)27-11-10-18(24)25-21(27)29/h5-11,14,16-17,19H,12-13H2,1-4H3,(H,26,30)(H2,24,25,29)/t16-,17-,19+,34?/m0/s1. The molecule has 0 bridgehead atoms. The molecule has 1 aliphatic rings. The first kappa shape index (κ1) is 27.2. The Morgan fingerprint density at radius 1 is 1.34 bits per heavy atom. The molecule has 2 aromatic rings. The molecular weight excluding hydrogens is 498 g/mol. The lowest BCUT2D eigenvalue weighted by Gasteiger charge is -2.30. The zero-order valence-electron chi connectivity index (χ0n) is 19.9. The van der Waals surface area contributed by atoms with Crippen molar-refractivity contribution in [1.82, 2.24) is 14.6 Å². The fourth-order valence-corrected chi connectivity index (χ4v) is 6.53. The molecule has 4 atom stereocenters. The van der Waals surface area contributed by atoms with Crippen LogP contribution >= 0.6 is 19.5 Å². The normalized spacial score (nSPS) is 22.1. The largest absolute Gasteiger partial charge is 0.462 e. The van der Waals surface area contributed by atoms with E-state index >= 15 is 0 Å². The van der Waals surface area contributed by atoms with Crippen LogP contribution in [0.1, 0.15) is 39.5 Å². The van der Waals surface area contributed by atoms with Gasteiger partial charge in [-0.1, -0.05) is 18.2 Å². The Morgan fingerprint density at radius 3 is 2.66 bits per heavy atom. The van der Waals surface area contributed by atoms with Crippen molar-refractivity contribution in [3.63, 3.8) is 0 Å². The van der Waals surface area contributed by atoms with Gasteiger partial charge in [-0.15, -0.1) is 11.8 Å². The molecule has 192 valence electrons. The van der Waals surface area contributed by atoms with Crippen molar-refractivity contribution >= 4 is 31.3 Å². The maximum atomic E-state index is 14.8. The zero-order chi connectivity index (χ0) is 25.8. The van der Waals surface area contributed by atoms with Gasteiger partial charge >= 0.3 is 19.4 Å². The molecule has 1 aromatic heterocycles. The highest BCUT2D eigenvalue weighted by Crippen LogP contribution is 2.49. The Hall–Kier alpha value is -2.40. The van der Waals surface area contributed by atoms with Crippen molar-refractivity contribution < 1.29 is 27.5 Å². The summed E-state index contributed by atoms with van der Waals surface area (Å²) in [4.78, 5) is 28.3. The van der Waals surface area contributed by atoms with Crippen LogP contribution in [0, 0.1) is 0 Å². The molecule has 3 N–H and O–H groups in total. The molecule has 13 heteroatoms. The third-order valence-electron chi connectivity index (χ3n) is 4.92. The number of carbonyl (C=O) groups excluding carboxylic acids is 1. The molecule has 0 aliphatic carbocycles. The average Bonchev–Trinajstić information content (AvgIpc) is 3.12. The van der Waals surface area contributed by atoms with E-state index in [4.69, 9.17) is 19.5 Å². The third kappa shape index (κ3) is 7.30. The van der Waals surface area contributed by atoms with Crippen LogP contribution in [0.15, 0.2) is 47.4 Å². The molecule has 10 nitrogen and oxygen atoms in total. The molecule has 1 aromatic carbocycles. The summed E-state index contributed by atoms with van der Waals surface area (Å²) in [5.74, 6) is -0.327. The van der Waals surface area contributed by atoms with Gasteiger partial charge in [-0.05, 0) is 52.3 Å². The Morgan fingerprint density at radius 2 is 2.03 bits per heavy atom. The Balaban J connectivity index is 1.74. The summed E-state index contributed by atoms with van der Waals surface area (Å²) in [5.41, 5.74) is 3.45. The highest BCUT2D eigenvalue weighted by molar-refractivity contribution is 8.00. The fourth-order valence-electron chi connectivity index (χ4n) is 3.30. The third-order valence-corrected chi connectivity index (χ3v) is 8.21. The lowest BCUT2D eigenvalue weighted by molar-refractivity contribution is -0.153. The fraction of sp³-hybridized carbons (Fsp3) is 0.500. The van der Waals surface area contributed by atoms with Crippen LogP contribution < -0.4 is 21.0 Å². The summed E-state index contributed by atoms with van der Waals surface area (Å²) in [6, 6.07) is 9.76. The number of nitrogens with two attached hydrogens (primary N) is 1. The average molecular weight is 529 g/mol. The van der Waals surface area contributed by atoms with Gasteiger partial charge in [0.05, 0.1) is 12.7 Å². The number of carbonyl (C=O) groups is 1. The van der Waals surface area contributed by atoms with Crippen LogP contribution in [0.3, 0.4) is 0 Å². The Labute approximate surface area is 207 Å². The second kappa shape index (κ2) is 11.1. The minimum atomic E-state index is -4.12. The highest BCUT2D eigenvalue weighted by Gasteiger charge is 2.43. The second-order valence-electron chi connectivity index (χ2n) is 8.83. The maximum absolute atomic E-state index is 14.8. The number of benzene rings is 1. The number of para-hydroxylation sites is 1. The Bertz CT molecular complexity index is 1130. The number of halogens is 1. The van der Waals surface area contributed by atoms with Crippen LogP contribution in [0.4, 0.5) is 10.2 Å². The second-order valence-corrected chi connectivity index (χ2v) is 11.9. The molecule has 1 saturated heterocycles. The van der Waals surface area contributed by atoms with E-state index < -0.39 is 41.7 Å². The number of thioether (sulfide) groups is 1. The predicted molar refractivity (Wildman–Crippen MR) is 132 cm³/mol. The van der Waals surface area contributed by atoms with Gasteiger partial charge in [-0.3, -0.25) is 13.9 Å². The van der Waals surface area contributed by atoms with E-state index in [9.17, 15) is 18.5 Å². The van der Waals surface area contributed by atoms with Crippen LogP contribution in [-0.2, 0) is 18.6 Å². The minimum Gasteiger partial charge on any atom is -0.462 e. The number of nitrogen functional groups attached to an aromatic ring is 1. The molecule has 1 fully saturated rings. The first-order valence-electron chi connectivity index (χ1n) is 11.0. The highest BCUT2D eigenvalue weighted by atomic mass is 32.2. The van der Waals surface area contributed by atoms with Crippen molar-refractivity contribution in [2.24, 2.45) is 0 Å². The first-order valence-corrected chi connectivity index (χ1v) is 13.5. The van der Waals surface area contributed by atoms with Gasteiger partial charge < -0.3 is 15.0 Å². The number of ether oxygens (including phenoxy) is 1. The first-order chi connectivity index (χ1) is 16.4. The van der Waals surface area contributed by atoms with Gasteiger partial charge in [0.2, 0.25) is 0 Å². The number of esters is 1. The SMILES string of the molecule is CC(C)OC(=O)C(C)(C)NP(=O)(OC[C@@H]1C[C@H](F)[C@H](n2ccc(N)nc2=O)S1)Oc1ccccc1. The van der Waals surface area contributed by atoms with Gasteiger partial charge in [-0.2, -0.15) is 10.1 Å². The number of anilines is 1. The molecule has 35 heavy (non-hydrogen) atoms. The van der Waals surface area contributed by atoms with Crippen molar-refractivity contribution in [3.05, 3.63) is 53.1 Å². The number of hydrogen-bond acceptors (Lipinski definition) is 9. The predicted octanol–water partition coefficient (Wildman–Crippen LogP) is 3.69. The zero-order valence-corrected chi connectivity index (χ0v) is 21.6. The summed E-state index contributed by atoms with van der Waals surface area (Å²) in [6.45, 7) is 6.24. The lowest BCUT2D eigenvalue weighted by Crippen LogP contribution is -2.47. The molecule has 3 rings (SSSR count). The van der Waals surface area contributed by atoms with E-state index in [1.807, 2.05) is 0 Å². The number of nitrogens with one attached hydrogen (secondary N) is 1. The van der Waals surface area contributed by atoms with Crippen molar-refractivity contribution in [2.45, 2.75) is 62.6 Å². The van der Waals surface area contributed by atoms with Gasteiger partial charge in [0, 0.05) is 11.4 Å². The quantitative estimate of drug-likeness (QED) is 0.347. The summed E-state index contributed by atoms with van der Waals surface area (Å²) in [6.07, 6.45) is -0.294. The van der Waals surface area contributed by atoms with Crippen molar-refractivity contribution in [3.8, 4) is 5.75 Å². The lowest BCUT2D eigenvalue weighted by atomic mass is 10.1. The van der Waals surface area contributed by atoms with Crippen molar-refractivity contribution in [1.29, 1.82) is 0 Å². The number of aromatic nitrogens is 2. The van der Waals surface area contributed by atoms with E-state index in [1.54, 1.807) is 44.2 Å². The van der Waals surface area contributed by atoms with Crippen LogP contribution in [0.2, 0.25) is 0 Å². The van der Waals surface area contributed by atoms with Gasteiger partial charge in [0.1, 0.15) is 28.7 Å².